The van der Waals surface area contributed by atoms with Crippen molar-refractivity contribution in [2.75, 3.05) is 31.6 Å². The molecule has 0 amide bonds. The number of aryl methyl sites for hydroxylation is 1. The van der Waals surface area contributed by atoms with Gasteiger partial charge in [-0.05, 0) is 13.3 Å². The molecule has 0 aromatic carbocycles. The molecule has 23 heavy (non-hydrogen) atoms. The fourth-order valence-electron chi connectivity index (χ4n) is 1.89. The summed E-state index contributed by atoms with van der Waals surface area (Å²) in [5, 5.41) is 14.3. The molecule has 1 rings (SSSR count). The van der Waals surface area contributed by atoms with Gasteiger partial charge in [-0.15, -0.1) is 34.2 Å². The zero-order valence-corrected chi connectivity index (χ0v) is 17.1. The predicted molar refractivity (Wildman–Crippen MR) is 103 cm³/mol. The molecular formula is C13H27IN6O2S. The molecule has 0 saturated heterocycles. The van der Waals surface area contributed by atoms with E-state index in [0.717, 1.165) is 25.3 Å². The van der Waals surface area contributed by atoms with Crippen LogP contribution in [-0.4, -0.2) is 60.8 Å². The number of sulfone groups is 1. The third kappa shape index (κ3) is 9.74. The van der Waals surface area contributed by atoms with Gasteiger partial charge in [0, 0.05) is 38.9 Å². The topological polar surface area (TPSA) is 101 Å². The minimum Gasteiger partial charge on any atom is -0.357 e. The highest BCUT2D eigenvalue weighted by Gasteiger charge is 2.03. The largest absolute Gasteiger partial charge is 0.357 e. The van der Waals surface area contributed by atoms with Crippen molar-refractivity contribution in [3.8, 4) is 0 Å². The van der Waals surface area contributed by atoms with E-state index in [2.05, 4.69) is 25.8 Å². The van der Waals surface area contributed by atoms with E-state index in [1.807, 2.05) is 18.4 Å². The molecule has 2 N–H and O–H groups in total. The summed E-state index contributed by atoms with van der Waals surface area (Å²) in [5.74, 6) is 1.82. The first-order chi connectivity index (χ1) is 10.5. The summed E-state index contributed by atoms with van der Waals surface area (Å²) in [5.41, 5.74) is 0. The zero-order chi connectivity index (χ0) is 16.4. The summed E-state index contributed by atoms with van der Waals surface area (Å²) in [6.45, 7) is 6.72. The molecule has 0 atom stereocenters. The molecular weight excluding hydrogens is 431 g/mol. The molecule has 0 spiro atoms. The van der Waals surface area contributed by atoms with Crippen LogP contribution in [0, 0.1) is 0 Å². The minimum atomic E-state index is -2.92. The van der Waals surface area contributed by atoms with Gasteiger partial charge < -0.3 is 15.2 Å². The standard InChI is InChI=1S/C13H26N6O2S.HI/c1-4-12-18-17-11-19(12)9-8-16-13(14-5-2)15-7-6-10-22(3,20)21;/h11H,4-10H2,1-3H3,(H2,14,15,16);1H. The van der Waals surface area contributed by atoms with Crippen LogP contribution in [0.4, 0.5) is 0 Å². The van der Waals surface area contributed by atoms with Crippen LogP contribution in [0.2, 0.25) is 0 Å². The van der Waals surface area contributed by atoms with Gasteiger partial charge >= 0.3 is 0 Å². The van der Waals surface area contributed by atoms with E-state index in [9.17, 15) is 8.42 Å². The Bertz CT molecular complexity index is 573. The smallest absolute Gasteiger partial charge is 0.191 e. The average Bonchev–Trinajstić information content (AvgIpc) is 2.90. The van der Waals surface area contributed by atoms with Gasteiger partial charge in [0.25, 0.3) is 0 Å². The van der Waals surface area contributed by atoms with Crippen molar-refractivity contribution in [2.45, 2.75) is 33.2 Å². The number of hydrogen-bond donors (Lipinski definition) is 2. The lowest BCUT2D eigenvalue weighted by molar-refractivity contribution is 0.599. The lowest BCUT2D eigenvalue weighted by Crippen LogP contribution is -2.39. The van der Waals surface area contributed by atoms with Gasteiger partial charge in [-0.3, -0.25) is 4.99 Å². The molecule has 0 aliphatic heterocycles. The van der Waals surface area contributed by atoms with Crippen molar-refractivity contribution in [3.05, 3.63) is 12.2 Å². The van der Waals surface area contributed by atoms with Gasteiger partial charge in [-0.1, -0.05) is 6.92 Å². The van der Waals surface area contributed by atoms with Crippen molar-refractivity contribution in [1.29, 1.82) is 0 Å². The number of aliphatic imine (C=N–C) groups is 1. The summed E-state index contributed by atoms with van der Waals surface area (Å²) in [7, 11) is -2.92. The third-order valence-corrected chi connectivity index (χ3v) is 3.97. The molecule has 0 aliphatic rings. The first kappa shape index (κ1) is 22.1. The van der Waals surface area contributed by atoms with Crippen LogP contribution in [-0.2, 0) is 22.8 Å². The quantitative estimate of drug-likeness (QED) is 0.241. The lowest BCUT2D eigenvalue weighted by Gasteiger charge is -2.12. The molecule has 0 aliphatic carbocycles. The Morgan fingerprint density at radius 2 is 2.09 bits per heavy atom. The summed E-state index contributed by atoms with van der Waals surface area (Å²) >= 11 is 0. The molecule has 10 heteroatoms. The monoisotopic (exact) mass is 458 g/mol. The Kier molecular flexibility index (Phi) is 11.1. The van der Waals surface area contributed by atoms with Crippen molar-refractivity contribution in [1.82, 2.24) is 25.4 Å². The fourth-order valence-corrected chi connectivity index (χ4v) is 2.55. The van der Waals surface area contributed by atoms with Crippen LogP contribution in [0.3, 0.4) is 0 Å². The number of halogens is 1. The molecule has 0 unspecified atom stereocenters. The predicted octanol–water partition coefficient (Wildman–Crippen LogP) is 0.448. The summed E-state index contributed by atoms with van der Waals surface area (Å²) in [6.07, 6.45) is 4.34. The molecule has 1 aromatic rings. The second-order valence-electron chi connectivity index (χ2n) is 4.96. The zero-order valence-electron chi connectivity index (χ0n) is 13.9. The Morgan fingerprint density at radius 1 is 1.35 bits per heavy atom. The number of guanidine groups is 1. The molecule has 8 nitrogen and oxygen atoms in total. The van der Waals surface area contributed by atoms with E-state index < -0.39 is 9.84 Å². The van der Waals surface area contributed by atoms with Gasteiger partial charge in [-0.2, -0.15) is 0 Å². The van der Waals surface area contributed by atoms with Gasteiger partial charge in [0.05, 0.1) is 5.75 Å². The highest BCUT2D eigenvalue weighted by atomic mass is 127. The van der Waals surface area contributed by atoms with Crippen LogP contribution in [0.5, 0.6) is 0 Å². The van der Waals surface area contributed by atoms with E-state index in [1.165, 1.54) is 6.26 Å². The highest BCUT2D eigenvalue weighted by Crippen LogP contribution is 1.95. The minimum absolute atomic E-state index is 0. The molecule has 0 radical (unpaired) electrons. The number of aromatic nitrogens is 3. The third-order valence-electron chi connectivity index (χ3n) is 2.94. The van der Waals surface area contributed by atoms with Crippen molar-refractivity contribution >= 4 is 39.8 Å². The maximum absolute atomic E-state index is 11.1. The fraction of sp³-hybridized carbons (Fsp3) is 0.769. The summed E-state index contributed by atoms with van der Waals surface area (Å²) in [4.78, 5) is 4.37. The van der Waals surface area contributed by atoms with Crippen LogP contribution >= 0.6 is 24.0 Å². The first-order valence-electron chi connectivity index (χ1n) is 7.52. The Labute approximate surface area is 155 Å². The number of hydrogen-bond acceptors (Lipinski definition) is 5. The van der Waals surface area contributed by atoms with Crippen LogP contribution in [0.15, 0.2) is 11.3 Å². The number of nitrogens with zero attached hydrogens (tertiary/aromatic N) is 4. The van der Waals surface area contributed by atoms with E-state index in [4.69, 9.17) is 0 Å². The molecule has 0 saturated carbocycles. The van der Waals surface area contributed by atoms with Crippen LogP contribution < -0.4 is 10.6 Å². The molecule has 0 bridgehead atoms. The Balaban J connectivity index is 0.00000484. The second kappa shape index (κ2) is 11.6. The molecule has 134 valence electrons. The molecule has 1 heterocycles. The van der Waals surface area contributed by atoms with Crippen LogP contribution in [0.1, 0.15) is 26.1 Å². The van der Waals surface area contributed by atoms with Crippen LogP contribution in [0.25, 0.3) is 0 Å². The first-order valence-corrected chi connectivity index (χ1v) is 9.59. The van der Waals surface area contributed by atoms with Crippen molar-refractivity contribution in [2.24, 2.45) is 4.99 Å². The number of rotatable bonds is 9. The van der Waals surface area contributed by atoms with Crippen molar-refractivity contribution in [3.63, 3.8) is 0 Å². The van der Waals surface area contributed by atoms with Gasteiger partial charge in [0.2, 0.25) is 0 Å². The van der Waals surface area contributed by atoms with Gasteiger partial charge in [0.15, 0.2) is 5.96 Å². The van der Waals surface area contributed by atoms with E-state index in [0.29, 0.717) is 25.5 Å². The molecule has 0 fully saturated rings. The number of nitrogens with one attached hydrogen (secondary N) is 2. The van der Waals surface area contributed by atoms with Gasteiger partial charge in [0.1, 0.15) is 22.0 Å². The molecule has 1 aromatic heterocycles. The normalized spacial score (nSPS) is 11.9. The second-order valence-corrected chi connectivity index (χ2v) is 7.22. The summed E-state index contributed by atoms with van der Waals surface area (Å²) in [6, 6.07) is 0. The van der Waals surface area contributed by atoms with Gasteiger partial charge in [-0.25, -0.2) is 8.42 Å². The average molecular weight is 458 g/mol. The maximum atomic E-state index is 11.1. The highest BCUT2D eigenvalue weighted by molar-refractivity contribution is 14.0. The van der Waals surface area contributed by atoms with Crippen molar-refractivity contribution < 1.29 is 8.42 Å². The van der Waals surface area contributed by atoms with E-state index in [-0.39, 0.29) is 29.7 Å². The summed E-state index contributed by atoms with van der Waals surface area (Å²) < 4.78 is 24.1. The SMILES string of the molecule is CCNC(=NCCCS(C)(=O)=O)NCCn1cnnc1CC.I. The Hall–Kier alpha value is -0.910. The lowest BCUT2D eigenvalue weighted by atomic mass is 10.4. The maximum Gasteiger partial charge on any atom is 0.191 e. The van der Waals surface area contributed by atoms with E-state index >= 15 is 0 Å². The van der Waals surface area contributed by atoms with E-state index in [1.54, 1.807) is 6.33 Å². The Morgan fingerprint density at radius 3 is 2.70 bits per heavy atom.